The number of halogens is 1. The number of amides is 1. The number of aliphatic hydroxyl groups excluding tert-OH is 1. The molecular weight excluding hydrogens is 311 g/mol. The first kappa shape index (κ1) is 18.7. The van der Waals surface area contributed by atoms with Gasteiger partial charge in [0.15, 0.2) is 0 Å². The van der Waals surface area contributed by atoms with Crippen LogP contribution < -0.4 is 10.2 Å². The van der Waals surface area contributed by atoms with Crippen LogP contribution >= 0.6 is 0 Å². The fraction of sp³-hybridized carbons (Fsp3) is 0.611. The molecular formula is C18H27FN2O3. The number of nitrogens with zero attached hydrogens (tertiary/aromatic N) is 1. The lowest BCUT2D eigenvalue weighted by molar-refractivity contribution is -0.126. The predicted molar refractivity (Wildman–Crippen MR) is 91.5 cm³/mol. The molecule has 0 saturated carbocycles. The number of carbonyl (C=O) groups excluding carboxylic acids is 1. The Balaban J connectivity index is 2.15. The molecule has 0 bridgehead atoms. The van der Waals surface area contributed by atoms with Crippen LogP contribution in [0.2, 0.25) is 0 Å². The SMILES string of the molecule is COCC(C)C(=O)NC(C)c1cc(F)ccc1N1CCC(O)CC1. The van der Waals surface area contributed by atoms with Gasteiger partial charge in [-0.1, -0.05) is 6.92 Å². The summed E-state index contributed by atoms with van der Waals surface area (Å²) in [7, 11) is 1.56. The fourth-order valence-electron chi connectivity index (χ4n) is 3.03. The Morgan fingerprint density at radius 1 is 1.42 bits per heavy atom. The Morgan fingerprint density at radius 3 is 2.71 bits per heavy atom. The van der Waals surface area contributed by atoms with Crippen molar-refractivity contribution in [3.63, 3.8) is 0 Å². The molecule has 2 rings (SSSR count). The topological polar surface area (TPSA) is 61.8 Å². The summed E-state index contributed by atoms with van der Waals surface area (Å²) in [6.45, 7) is 5.44. The number of methoxy groups -OCH3 is 1. The number of carbonyl (C=O) groups is 1. The van der Waals surface area contributed by atoms with Gasteiger partial charge in [0.2, 0.25) is 5.91 Å². The fourth-order valence-corrected chi connectivity index (χ4v) is 3.03. The van der Waals surface area contributed by atoms with Crippen molar-refractivity contribution in [2.24, 2.45) is 5.92 Å². The van der Waals surface area contributed by atoms with Gasteiger partial charge in [-0.25, -0.2) is 4.39 Å². The predicted octanol–water partition coefficient (Wildman–Crippen LogP) is 2.25. The van der Waals surface area contributed by atoms with Crippen molar-refractivity contribution in [2.75, 3.05) is 31.7 Å². The van der Waals surface area contributed by atoms with Gasteiger partial charge in [-0.3, -0.25) is 4.79 Å². The minimum atomic E-state index is -0.322. The summed E-state index contributed by atoms with van der Waals surface area (Å²) < 4.78 is 18.8. The second-order valence-electron chi connectivity index (χ2n) is 6.51. The molecule has 1 amide bonds. The number of aliphatic hydroxyl groups is 1. The maximum Gasteiger partial charge on any atom is 0.225 e. The highest BCUT2D eigenvalue weighted by atomic mass is 19.1. The maximum absolute atomic E-state index is 13.8. The highest BCUT2D eigenvalue weighted by molar-refractivity contribution is 5.79. The van der Waals surface area contributed by atoms with Crippen LogP contribution in [0.4, 0.5) is 10.1 Å². The molecule has 1 aromatic carbocycles. The molecule has 1 fully saturated rings. The van der Waals surface area contributed by atoms with E-state index in [1.54, 1.807) is 20.1 Å². The third kappa shape index (κ3) is 4.68. The molecule has 2 N–H and O–H groups in total. The van der Waals surface area contributed by atoms with Gasteiger partial charge in [0.05, 0.1) is 24.7 Å². The minimum Gasteiger partial charge on any atom is -0.393 e. The van der Waals surface area contributed by atoms with E-state index >= 15 is 0 Å². The van der Waals surface area contributed by atoms with Crippen LogP contribution in [0.25, 0.3) is 0 Å². The summed E-state index contributed by atoms with van der Waals surface area (Å²) in [6, 6.07) is 4.36. The molecule has 0 aromatic heterocycles. The minimum absolute atomic E-state index is 0.117. The van der Waals surface area contributed by atoms with Gasteiger partial charge in [0, 0.05) is 31.5 Å². The van der Waals surface area contributed by atoms with Gasteiger partial charge < -0.3 is 20.1 Å². The smallest absolute Gasteiger partial charge is 0.225 e. The van der Waals surface area contributed by atoms with E-state index in [1.165, 1.54) is 12.1 Å². The van der Waals surface area contributed by atoms with Crippen LogP contribution in [0.1, 0.15) is 38.3 Å². The van der Waals surface area contributed by atoms with E-state index in [0.717, 1.165) is 24.3 Å². The van der Waals surface area contributed by atoms with Crippen molar-refractivity contribution in [3.8, 4) is 0 Å². The van der Waals surface area contributed by atoms with Crippen molar-refractivity contribution in [1.29, 1.82) is 0 Å². The van der Waals surface area contributed by atoms with Crippen molar-refractivity contribution in [3.05, 3.63) is 29.6 Å². The number of nitrogens with one attached hydrogen (secondary N) is 1. The van der Waals surface area contributed by atoms with Crippen molar-refractivity contribution in [2.45, 2.75) is 38.8 Å². The average Bonchev–Trinajstić information content (AvgIpc) is 2.56. The third-order valence-corrected chi connectivity index (χ3v) is 4.48. The van der Waals surface area contributed by atoms with Crippen LogP contribution in [0.15, 0.2) is 18.2 Å². The summed E-state index contributed by atoms with van der Waals surface area (Å²) in [6.07, 6.45) is 1.13. The summed E-state index contributed by atoms with van der Waals surface area (Å²) in [4.78, 5) is 14.3. The van der Waals surface area contributed by atoms with E-state index in [-0.39, 0.29) is 29.8 Å². The lowest BCUT2D eigenvalue weighted by Gasteiger charge is -2.34. The molecule has 2 unspecified atom stereocenters. The average molecular weight is 338 g/mol. The molecule has 134 valence electrons. The van der Waals surface area contributed by atoms with E-state index in [2.05, 4.69) is 10.2 Å². The molecule has 6 heteroatoms. The number of rotatable bonds is 6. The number of hydrogen-bond acceptors (Lipinski definition) is 4. The first-order valence-electron chi connectivity index (χ1n) is 8.44. The summed E-state index contributed by atoms with van der Waals surface area (Å²) >= 11 is 0. The van der Waals surface area contributed by atoms with Crippen molar-refractivity contribution in [1.82, 2.24) is 5.32 Å². The van der Waals surface area contributed by atoms with E-state index < -0.39 is 0 Å². The van der Waals surface area contributed by atoms with Crippen LogP contribution in [-0.4, -0.2) is 43.9 Å². The Labute approximate surface area is 142 Å². The largest absolute Gasteiger partial charge is 0.393 e. The van der Waals surface area contributed by atoms with Crippen LogP contribution in [-0.2, 0) is 9.53 Å². The molecule has 24 heavy (non-hydrogen) atoms. The first-order valence-corrected chi connectivity index (χ1v) is 8.44. The van der Waals surface area contributed by atoms with Gasteiger partial charge in [0.1, 0.15) is 5.82 Å². The second-order valence-corrected chi connectivity index (χ2v) is 6.51. The lowest BCUT2D eigenvalue weighted by Crippen LogP contribution is -2.38. The standard InChI is InChI=1S/C18H27FN2O3/c1-12(11-24-3)18(23)20-13(2)16-10-14(19)4-5-17(16)21-8-6-15(22)7-9-21/h4-5,10,12-13,15,22H,6-9,11H2,1-3H3,(H,20,23). The number of anilines is 1. The Hall–Kier alpha value is -1.66. The molecule has 2 atom stereocenters. The van der Waals surface area contributed by atoms with Crippen molar-refractivity contribution >= 4 is 11.6 Å². The monoisotopic (exact) mass is 338 g/mol. The zero-order valence-electron chi connectivity index (χ0n) is 14.6. The van der Waals surface area contributed by atoms with E-state index in [0.29, 0.717) is 19.4 Å². The summed E-state index contributed by atoms with van der Waals surface area (Å²) in [5.74, 6) is -0.704. The van der Waals surface area contributed by atoms with E-state index in [9.17, 15) is 14.3 Å². The Bertz CT molecular complexity index is 559. The molecule has 1 saturated heterocycles. The highest BCUT2D eigenvalue weighted by Crippen LogP contribution is 2.29. The van der Waals surface area contributed by atoms with Gasteiger partial charge in [0.25, 0.3) is 0 Å². The number of piperidine rings is 1. The number of ether oxygens (including phenoxy) is 1. The molecule has 1 heterocycles. The molecule has 0 spiro atoms. The number of hydrogen-bond donors (Lipinski definition) is 2. The highest BCUT2D eigenvalue weighted by Gasteiger charge is 2.23. The van der Waals surface area contributed by atoms with Gasteiger partial charge in [-0.15, -0.1) is 0 Å². The Kier molecular flexibility index (Phi) is 6.57. The Morgan fingerprint density at radius 2 is 2.08 bits per heavy atom. The quantitative estimate of drug-likeness (QED) is 0.835. The zero-order valence-corrected chi connectivity index (χ0v) is 14.6. The molecule has 1 aromatic rings. The molecule has 0 radical (unpaired) electrons. The maximum atomic E-state index is 13.8. The zero-order chi connectivity index (χ0) is 17.7. The van der Waals surface area contributed by atoms with Crippen LogP contribution in [0, 0.1) is 11.7 Å². The van der Waals surface area contributed by atoms with Crippen molar-refractivity contribution < 1.29 is 19.0 Å². The second kappa shape index (κ2) is 8.44. The molecule has 1 aliphatic heterocycles. The molecule has 5 nitrogen and oxygen atoms in total. The van der Waals surface area contributed by atoms with Gasteiger partial charge in [-0.05, 0) is 38.0 Å². The van der Waals surface area contributed by atoms with E-state index in [4.69, 9.17) is 4.74 Å². The van der Waals surface area contributed by atoms with Gasteiger partial charge >= 0.3 is 0 Å². The summed E-state index contributed by atoms with van der Waals surface area (Å²) in [5, 5.41) is 12.6. The number of benzene rings is 1. The lowest BCUT2D eigenvalue weighted by atomic mass is 10.0. The van der Waals surface area contributed by atoms with Crippen LogP contribution in [0.5, 0.6) is 0 Å². The molecule has 0 aliphatic carbocycles. The third-order valence-electron chi connectivity index (χ3n) is 4.48. The van der Waals surface area contributed by atoms with Crippen LogP contribution in [0.3, 0.4) is 0 Å². The van der Waals surface area contributed by atoms with E-state index in [1.807, 2.05) is 6.92 Å². The summed E-state index contributed by atoms with van der Waals surface area (Å²) in [5.41, 5.74) is 1.67. The normalized spacial score (nSPS) is 18.3. The molecule has 1 aliphatic rings. The van der Waals surface area contributed by atoms with Gasteiger partial charge in [-0.2, -0.15) is 0 Å². The first-order chi connectivity index (χ1) is 11.4.